The van der Waals surface area contributed by atoms with E-state index in [1.807, 2.05) is 6.20 Å². The SMILES string of the molecule is C.COc1cc2c(N3CCc4cn[nH]c4C3)ncnc2cc1O. The van der Waals surface area contributed by atoms with Gasteiger partial charge in [-0.15, -0.1) is 0 Å². The van der Waals surface area contributed by atoms with Gasteiger partial charge in [0, 0.05) is 18.0 Å². The van der Waals surface area contributed by atoms with Crippen LogP contribution in [0.25, 0.3) is 10.9 Å². The van der Waals surface area contributed by atoms with Gasteiger partial charge in [0.15, 0.2) is 11.5 Å². The monoisotopic (exact) mass is 313 g/mol. The van der Waals surface area contributed by atoms with E-state index in [0.29, 0.717) is 11.3 Å². The smallest absolute Gasteiger partial charge is 0.161 e. The minimum absolute atomic E-state index is 0. The van der Waals surface area contributed by atoms with E-state index in [2.05, 4.69) is 25.1 Å². The number of nitrogens with zero attached hydrogens (tertiary/aromatic N) is 4. The van der Waals surface area contributed by atoms with E-state index < -0.39 is 0 Å². The second-order valence-corrected chi connectivity index (χ2v) is 5.28. The highest BCUT2D eigenvalue weighted by molar-refractivity contribution is 5.92. The number of methoxy groups -OCH3 is 1. The zero-order valence-corrected chi connectivity index (χ0v) is 12.1. The van der Waals surface area contributed by atoms with Gasteiger partial charge in [0.05, 0.1) is 31.1 Å². The van der Waals surface area contributed by atoms with Crippen LogP contribution in [0, 0.1) is 0 Å². The Bertz CT molecular complexity index is 846. The Labute approximate surface area is 133 Å². The first-order valence-corrected chi connectivity index (χ1v) is 7.04. The summed E-state index contributed by atoms with van der Waals surface area (Å²) < 4.78 is 5.20. The summed E-state index contributed by atoms with van der Waals surface area (Å²) in [5.41, 5.74) is 3.06. The van der Waals surface area contributed by atoms with Crippen LogP contribution in [0.3, 0.4) is 0 Å². The van der Waals surface area contributed by atoms with E-state index in [1.165, 1.54) is 19.0 Å². The molecule has 23 heavy (non-hydrogen) atoms. The van der Waals surface area contributed by atoms with Gasteiger partial charge in [-0.1, -0.05) is 7.43 Å². The van der Waals surface area contributed by atoms with E-state index in [0.717, 1.165) is 36.4 Å². The van der Waals surface area contributed by atoms with Crippen molar-refractivity contribution in [3.8, 4) is 11.5 Å². The molecule has 2 N–H and O–H groups in total. The second-order valence-electron chi connectivity index (χ2n) is 5.28. The fourth-order valence-electron chi connectivity index (χ4n) is 2.87. The van der Waals surface area contributed by atoms with E-state index in [4.69, 9.17) is 4.74 Å². The Morgan fingerprint density at radius 2 is 2.17 bits per heavy atom. The highest BCUT2D eigenvalue weighted by Gasteiger charge is 2.21. The number of ether oxygens (including phenoxy) is 1. The molecule has 0 unspecified atom stereocenters. The Balaban J connectivity index is 0.00000156. The minimum Gasteiger partial charge on any atom is -0.504 e. The second kappa shape index (κ2) is 5.75. The third kappa shape index (κ3) is 2.44. The summed E-state index contributed by atoms with van der Waals surface area (Å²) in [5.74, 6) is 1.33. The summed E-state index contributed by atoms with van der Waals surface area (Å²) >= 11 is 0. The molecule has 0 aliphatic carbocycles. The number of hydrogen-bond acceptors (Lipinski definition) is 6. The molecule has 7 nitrogen and oxygen atoms in total. The van der Waals surface area contributed by atoms with Crippen LogP contribution in [0.4, 0.5) is 5.82 Å². The van der Waals surface area contributed by atoms with Crippen LogP contribution in [0.5, 0.6) is 11.5 Å². The maximum Gasteiger partial charge on any atom is 0.161 e. The molecule has 0 radical (unpaired) electrons. The van der Waals surface area contributed by atoms with Gasteiger partial charge < -0.3 is 14.7 Å². The van der Waals surface area contributed by atoms with Gasteiger partial charge in [0.1, 0.15) is 12.1 Å². The molecule has 0 spiro atoms. The average Bonchev–Trinajstić information content (AvgIpc) is 3.01. The van der Waals surface area contributed by atoms with Crippen LogP contribution in [-0.2, 0) is 13.0 Å². The zero-order chi connectivity index (χ0) is 15.1. The van der Waals surface area contributed by atoms with Gasteiger partial charge in [-0.2, -0.15) is 5.10 Å². The topological polar surface area (TPSA) is 87.2 Å². The number of aromatic hydroxyl groups is 1. The van der Waals surface area contributed by atoms with Crippen LogP contribution in [0.1, 0.15) is 18.7 Å². The lowest BCUT2D eigenvalue weighted by atomic mass is 10.1. The number of phenolic OH excluding ortho intramolecular Hbond substituents is 1. The van der Waals surface area contributed by atoms with Gasteiger partial charge in [-0.05, 0) is 18.1 Å². The molecule has 1 aliphatic heterocycles. The Morgan fingerprint density at radius 3 is 3.00 bits per heavy atom. The van der Waals surface area contributed by atoms with Crippen molar-refractivity contribution in [3.05, 3.63) is 35.9 Å². The molecule has 0 fully saturated rings. The molecule has 3 aromatic rings. The molecule has 0 saturated heterocycles. The number of benzene rings is 1. The quantitative estimate of drug-likeness (QED) is 0.754. The summed E-state index contributed by atoms with van der Waals surface area (Å²) in [5, 5.41) is 17.9. The van der Waals surface area contributed by atoms with E-state index in [-0.39, 0.29) is 13.2 Å². The lowest BCUT2D eigenvalue weighted by Gasteiger charge is -2.28. The number of H-pyrrole nitrogens is 1. The molecule has 4 rings (SSSR count). The van der Waals surface area contributed by atoms with E-state index in [1.54, 1.807) is 12.1 Å². The number of fused-ring (bicyclic) bond motifs is 2. The first-order valence-electron chi connectivity index (χ1n) is 7.04. The minimum atomic E-state index is 0. The van der Waals surface area contributed by atoms with Crippen LogP contribution < -0.4 is 9.64 Å². The summed E-state index contributed by atoms with van der Waals surface area (Å²) in [6, 6.07) is 3.38. The van der Waals surface area contributed by atoms with Crippen LogP contribution in [0.15, 0.2) is 24.7 Å². The summed E-state index contributed by atoms with van der Waals surface area (Å²) in [4.78, 5) is 10.9. The number of hydrogen-bond donors (Lipinski definition) is 2. The van der Waals surface area contributed by atoms with E-state index >= 15 is 0 Å². The molecule has 7 heteroatoms. The zero-order valence-electron chi connectivity index (χ0n) is 12.1. The first kappa shape index (κ1) is 15.1. The normalized spacial score (nSPS) is 13.5. The molecular formula is C16H19N5O2. The highest BCUT2D eigenvalue weighted by atomic mass is 16.5. The van der Waals surface area contributed by atoms with Crippen molar-refractivity contribution >= 4 is 16.7 Å². The highest BCUT2D eigenvalue weighted by Crippen LogP contribution is 2.35. The average molecular weight is 313 g/mol. The van der Waals surface area contributed by atoms with Crippen molar-refractivity contribution in [2.45, 2.75) is 20.4 Å². The summed E-state index contributed by atoms with van der Waals surface area (Å²) in [6.07, 6.45) is 4.32. The third-order valence-corrected chi connectivity index (χ3v) is 4.02. The Kier molecular flexibility index (Phi) is 3.77. The fourth-order valence-corrected chi connectivity index (χ4v) is 2.87. The molecule has 0 bridgehead atoms. The van der Waals surface area contributed by atoms with Crippen molar-refractivity contribution in [3.63, 3.8) is 0 Å². The van der Waals surface area contributed by atoms with Crippen LogP contribution >= 0.6 is 0 Å². The Hall–Kier alpha value is -2.83. The Morgan fingerprint density at radius 1 is 1.30 bits per heavy atom. The maximum absolute atomic E-state index is 9.90. The summed E-state index contributed by atoms with van der Waals surface area (Å²) in [6.45, 7) is 1.59. The number of aromatic nitrogens is 4. The van der Waals surface area contributed by atoms with Crippen molar-refractivity contribution in [2.24, 2.45) is 0 Å². The summed E-state index contributed by atoms with van der Waals surface area (Å²) in [7, 11) is 1.53. The first-order chi connectivity index (χ1) is 10.8. The van der Waals surface area contributed by atoms with Crippen LogP contribution in [0.2, 0.25) is 0 Å². The standard InChI is InChI=1S/C15H15N5O2.CH4/c1-22-14-4-10-11(5-13(14)21)16-8-17-15(10)20-3-2-9-6-18-19-12(9)7-20;/h4-6,8,21H,2-3,7H2,1H3,(H,18,19);1H4. The molecule has 1 aliphatic rings. The molecule has 120 valence electrons. The molecule has 0 saturated carbocycles. The molecular weight excluding hydrogens is 294 g/mol. The largest absolute Gasteiger partial charge is 0.504 e. The van der Waals surface area contributed by atoms with Crippen LogP contribution in [-0.4, -0.2) is 38.9 Å². The predicted molar refractivity (Wildman–Crippen MR) is 87.8 cm³/mol. The van der Waals surface area contributed by atoms with Crippen molar-refractivity contribution < 1.29 is 9.84 Å². The van der Waals surface area contributed by atoms with Gasteiger partial charge in [0.2, 0.25) is 0 Å². The lowest BCUT2D eigenvalue weighted by molar-refractivity contribution is 0.374. The third-order valence-electron chi connectivity index (χ3n) is 4.02. The van der Waals surface area contributed by atoms with Gasteiger partial charge >= 0.3 is 0 Å². The van der Waals surface area contributed by atoms with Crippen molar-refractivity contribution in [1.82, 2.24) is 20.2 Å². The molecule has 0 atom stereocenters. The number of aromatic amines is 1. The molecule has 3 heterocycles. The van der Waals surface area contributed by atoms with Crippen molar-refractivity contribution in [2.75, 3.05) is 18.6 Å². The van der Waals surface area contributed by atoms with Crippen molar-refractivity contribution in [1.29, 1.82) is 0 Å². The number of anilines is 1. The number of rotatable bonds is 2. The van der Waals surface area contributed by atoms with Gasteiger partial charge in [-0.25, -0.2) is 9.97 Å². The predicted octanol–water partition coefficient (Wildman–Crippen LogP) is 2.27. The maximum atomic E-state index is 9.90. The number of nitrogens with one attached hydrogen (secondary N) is 1. The lowest BCUT2D eigenvalue weighted by Crippen LogP contribution is -2.31. The molecule has 1 aromatic carbocycles. The van der Waals surface area contributed by atoms with Gasteiger partial charge in [0.25, 0.3) is 0 Å². The molecule has 0 amide bonds. The fraction of sp³-hybridized carbons (Fsp3) is 0.312. The van der Waals surface area contributed by atoms with Gasteiger partial charge in [-0.3, -0.25) is 5.10 Å². The number of phenols is 1. The van der Waals surface area contributed by atoms with E-state index in [9.17, 15) is 5.11 Å². The molecule has 2 aromatic heterocycles.